The zero-order valence-electron chi connectivity index (χ0n) is 14.7. The normalized spacial score (nSPS) is 12.7. The second kappa shape index (κ2) is 8.09. The molecule has 0 bridgehead atoms. The highest BCUT2D eigenvalue weighted by Crippen LogP contribution is 2.28. The quantitative estimate of drug-likeness (QED) is 0.789. The number of carbonyl (C=O) groups excluding carboxylic acids is 1. The van der Waals surface area contributed by atoms with Gasteiger partial charge in [-0.3, -0.25) is 4.79 Å². The SMILES string of the molecule is C[C@H](CC(C)(C)c1ccccc1)NC(=O)CCc1ccc(F)cc1. The monoisotopic (exact) mass is 327 g/mol. The van der Waals surface area contributed by atoms with E-state index in [9.17, 15) is 9.18 Å². The third-order valence-electron chi connectivity index (χ3n) is 4.33. The van der Waals surface area contributed by atoms with Crippen LogP contribution in [0, 0.1) is 5.82 Å². The lowest BCUT2D eigenvalue weighted by Gasteiger charge is -2.29. The summed E-state index contributed by atoms with van der Waals surface area (Å²) in [6.07, 6.45) is 1.92. The third kappa shape index (κ3) is 5.48. The summed E-state index contributed by atoms with van der Waals surface area (Å²) in [5, 5.41) is 3.07. The number of carbonyl (C=O) groups is 1. The van der Waals surface area contributed by atoms with Crippen LogP contribution in [-0.4, -0.2) is 11.9 Å². The molecule has 0 fully saturated rings. The van der Waals surface area contributed by atoms with Crippen LogP contribution in [0.3, 0.4) is 0 Å². The lowest BCUT2D eigenvalue weighted by atomic mass is 9.79. The molecule has 3 heteroatoms. The van der Waals surface area contributed by atoms with Gasteiger partial charge in [-0.15, -0.1) is 0 Å². The molecular formula is C21H26FNO. The van der Waals surface area contributed by atoms with Crippen LogP contribution in [0.5, 0.6) is 0 Å². The predicted octanol–water partition coefficient (Wildman–Crippen LogP) is 4.63. The van der Waals surface area contributed by atoms with Crippen LogP contribution >= 0.6 is 0 Å². The van der Waals surface area contributed by atoms with Crippen molar-refractivity contribution >= 4 is 5.91 Å². The van der Waals surface area contributed by atoms with E-state index in [1.165, 1.54) is 17.7 Å². The van der Waals surface area contributed by atoms with Crippen LogP contribution in [0.15, 0.2) is 54.6 Å². The highest BCUT2D eigenvalue weighted by atomic mass is 19.1. The summed E-state index contributed by atoms with van der Waals surface area (Å²) in [6.45, 7) is 6.44. The molecule has 24 heavy (non-hydrogen) atoms. The van der Waals surface area contributed by atoms with E-state index in [0.717, 1.165) is 12.0 Å². The number of amides is 1. The van der Waals surface area contributed by atoms with E-state index in [4.69, 9.17) is 0 Å². The minimum Gasteiger partial charge on any atom is -0.354 e. The van der Waals surface area contributed by atoms with Crippen LogP contribution in [0.4, 0.5) is 4.39 Å². The highest BCUT2D eigenvalue weighted by Gasteiger charge is 2.23. The number of benzene rings is 2. The maximum atomic E-state index is 12.9. The number of hydrogen-bond donors (Lipinski definition) is 1. The molecule has 1 N–H and O–H groups in total. The van der Waals surface area contributed by atoms with E-state index < -0.39 is 0 Å². The molecule has 2 rings (SSSR count). The predicted molar refractivity (Wildman–Crippen MR) is 96.4 cm³/mol. The Hall–Kier alpha value is -2.16. The van der Waals surface area contributed by atoms with Crippen molar-refractivity contribution in [3.63, 3.8) is 0 Å². The first-order valence-corrected chi connectivity index (χ1v) is 8.46. The first kappa shape index (κ1) is 18.2. The van der Waals surface area contributed by atoms with Crippen molar-refractivity contribution in [2.75, 3.05) is 0 Å². The number of nitrogens with one attached hydrogen (secondary N) is 1. The lowest BCUT2D eigenvalue weighted by molar-refractivity contribution is -0.121. The summed E-state index contributed by atoms with van der Waals surface area (Å²) in [7, 11) is 0. The van der Waals surface area contributed by atoms with Crippen molar-refractivity contribution in [3.05, 3.63) is 71.5 Å². The van der Waals surface area contributed by atoms with Gasteiger partial charge in [-0.25, -0.2) is 4.39 Å². The molecule has 0 aliphatic rings. The van der Waals surface area contributed by atoms with Crippen LogP contribution in [0.25, 0.3) is 0 Å². The fourth-order valence-electron chi connectivity index (χ4n) is 3.08. The van der Waals surface area contributed by atoms with Crippen molar-refractivity contribution in [2.45, 2.75) is 51.5 Å². The zero-order chi connectivity index (χ0) is 17.6. The zero-order valence-corrected chi connectivity index (χ0v) is 14.7. The Bertz CT molecular complexity index is 649. The van der Waals surface area contributed by atoms with Crippen LogP contribution in [0.1, 0.15) is 44.7 Å². The van der Waals surface area contributed by atoms with E-state index in [-0.39, 0.29) is 23.2 Å². The minimum absolute atomic E-state index is 0.00487. The average Bonchev–Trinajstić information content (AvgIpc) is 2.54. The van der Waals surface area contributed by atoms with Crippen molar-refractivity contribution in [1.82, 2.24) is 5.32 Å². The van der Waals surface area contributed by atoms with E-state index in [1.807, 2.05) is 25.1 Å². The van der Waals surface area contributed by atoms with Crippen molar-refractivity contribution in [1.29, 1.82) is 0 Å². The summed E-state index contributed by atoms with van der Waals surface area (Å²) in [5.74, 6) is -0.212. The van der Waals surface area contributed by atoms with Crippen LogP contribution < -0.4 is 5.32 Å². The van der Waals surface area contributed by atoms with E-state index in [2.05, 4.69) is 31.3 Å². The molecule has 2 aromatic rings. The first-order valence-electron chi connectivity index (χ1n) is 8.46. The Labute approximate surface area is 144 Å². The molecule has 128 valence electrons. The van der Waals surface area contributed by atoms with Crippen LogP contribution in [0.2, 0.25) is 0 Å². The third-order valence-corrected chi connectivity index (χ3v) is 4.33. The number of hydrogen-bond acceptors (Lipinski definition) is 1. The van der Waals surface area contributed by atoms with Gasteiger partial charge in [-0.05, 0) is 48.4 Å². The summed E-state index contributed by atoms with van der Waals surface area (Å²) in [6, 6.07) is 16.8. The fraction of sp³-hybridized carbons (Fsp3) is 0.381. The number of rotatable bonds is 7. The topological polar surface area (TPSA) is 29.1 Å². The van der Waals surface area contributed by atoms with Gasteiger partial charge < -0.3 is 5.32 Å². The summed E-state index contributed by atoms with van der Waals surface area (Å²) < 4.78 is 12.9. The van der Waals surface area contributed by atoms with Gasteiger partial charge in [0, 0.05) is 12.5 Å². The summed E-state index contributed by atoms with van der Waals surface area (Å²) in [5.41, 5.74) is 2.26. The lowest BCUT2D eigenvalue weighted by Crippen LogP contribution is -2.37. The van der Waals surface area contributed by atoms with Crippen LogP contribution in [-0.2, 0) is 16.6 Å². The Morgan fingerprint density at radius 3 is 2.33 bits per heavy atom. The molecule has 1 atom stereocenters. The Morgan fingerprint density at radius 2 is 1.71 bits per heavy atom. The average molecular weight is 327 g/mol. The maximum Gasteiger partial charge on any atom is 0.220 e. The molecule has 2 aromatic carbocycles. The van der Waals surface area contributed by atoms with E-state index in [0.29, 0.717) is 12.8 Å². The molecule has 0 aromatic heterocycles. The second-order valence-corrected chi connectivity index (χ2v) is 7.05. The van der Waals surface area contributed by atoms with Gasteiger partial charge in [0.25, 0.3) is 0 Å². The van der Waals surface area contributed by atoms with Gasteiger partial charge in [0.15, 0.2) is 0 Å². The summed E-state index contributed by atoms with van der Waals surface area (Å²) >= 11 is 0. The van der Waals surface area contributed by atoms with Gasteiger partial charge in [0.2, 0.25) is 5.91 Å². The van der Waals surface area contributed by atoms with Crippen molar-refractivity contribution < 1.29 is 9.18 Å². The fourth-order valence-corrected chi connectivity index (χ4v) is 3.08. The van der Waals surface area contributed by atoms with Crippen molar-refractivity contribution in [2.24, 2.45) is 0 Å². The number of halogens is 1. The smallest absolute Gasteiger partial charge is 0.220 e. The Morgan fingerprint density at radius 1 is 1.08 bits per heavy atom. The molecule has 0 spiro atoms. The Kier molecular flexibility index (Phi) is 6.13. The molecule has 2 nitrogen and oxygen atoms in total. The molecule has 0 saturated heterocycles. The first-order chi connectivity index (χ1) is 11.4. The molecule has 0 unspecified atom stereocenters. The molecule has 0 saturated carbocycles. The van der Waals surface area contributed by atoms with Gasteiger partial charge in [-0.1, -0.05) is 56.3 Å². The Balaban J connectivity index is 1.82. The molecular weight excluding hydrogens is 301 g/mol. The maximum absolute atomic E-state index is 12.9. The van der Waals surface area contributed by atoms with E-state index in [1.54, 1.807) is 12.1 Å². The second-order valence-electron chi connectivity index (χ2n) is 7.05. The minimum atomic E-state index is -0.250. The largest absolute Gasteiger partial charge is 0.354 e. The molecule has 0 heterocycles. The molecule has 1 amide bonds. The van der Waals surface area contributed by atoms with Crippen molar-refractivity contribution in [3.8, 4) is 0 Å². The number of aryl methyl sites for hydroxylation is 1. The molecule has 0 radical (unpaired) electrons. The van der Waals surface area contributed by atoms with Gasteiger partial charge in [-0.2, -0.15) is 0 Å². The van der Waals surface area contributed by atoms with Gasteiger partial charge in [0.05, 0.1) is 0 Å². The van der Waals surface area contributed by atoms with E-state index >= 15 is 0 Å². The van der Waals surface area contributed by atoms with Gasteiger partial charge >= 0.3 is 0 Å². The summed E-state index contributed by atoms with van der Waals surface area (Å²) in [4.78, 5) is 12.1. The van der Waals surface area contributed by atoms with Gasteiger partial charge in [0.1, 0.15) is 5.82 Å². The highest BCUT2D eigenvalue weighted by molar-refractivity contribution is 5.76. The molecule has 0 aliphatic heterocycles. The standard InChI is InChI=1S/C21H26FNO/c1-16(15-21(2,3)18-7-5-4-6-8-18)23-20(24)14-11-17-9-12-19(22)13-10-17/h4-10,12-13,16H,11,14-15H2,1-3H3,(H,23,24)/t16-/m1/s1. The molecule has 0 aliphatic carbocycles.